The summed E-state index contributed by atoms with van der Waals surface area (Å²) in [4.78, 5) is 29.3. The Balaban J connectivity index is 1.73. The Hall–Kier alpha value is -3.37. The average Bonchev–Trinajstić information content (AvgIpc) is 2.99. The molecule has 0 bridgehead atoms. The molecular weight excluding hydrogens is 630 g/mol. The molecule has 0 spiro atoms. The molecule has 10 heteroatoms. The average molecular weight is 671 g/mol. The molecule has 0 saturated heterocycles. The normalized spacial score (nSPS) is 14.5. The van der Waals surface area contributed by atoms with Gasteiger partial charge in [0.2, 0.25) is 11.8 Å². The minimum Gasteiger partial charge on any atom is -0.495 e. The molecule has 1 fully saturated rings. The van der Waals surface area contributed by atoms with Gasteiger partial charge in [-0.05, 0) is 81.1 Å². The first-order chi connectivity index (χ1) is 20.5. The minimum atomic E-state index is -4.20. The quantitative estimate of drug-likeness (QED) is 0.265. The monoisotopic (exact) mass is 669 g/mol. The van der Waals surface area contributed by atoms with Crippen LogP contribution in [0, 0.1) is 13.8 Å². The van der Waals surface area contributed by atoms with Crippen LogP contribution in [0.2, 0.25) is 0 Å². The third kappa shape index (κ3) is 8.17. The minimum absolute atomic E-state index is 0.0519. The van der Waals surface area contributed by atoms with Crippen molar-refractivity contribution in [1.29, 1.82) is 0 Å². The second-order valence-corrected chi connectivity index (χ2v) is 13.9. The SMILES string of the molecule is COc1ccc(C)cc1N(CC(=O)N(Cc1cccc(Br)c1)[C@H](C)C(=O)NC1CCCCC1)S(=O)(=O)c1ccc(C)cc1. The van der Waals surface area contributed by atoms with Crippen LogP contribution < -0.4 is 14.4 Å². The van der Waals surface area contributed by atoms with Crippen molar-refractivity contribution in [3.05, 3.63) is 87.9 Å². The highest BCUT2D eigenvalue weighted by atomic mass is 79.9. The van der Waals surface area contributed by atoms with Crippen molar-refractivity contribution in [3.63, 3.8) is 0 Å². The number of nitrogens with zero attached hydrogens (tertiary/aromatic N) is 2. The van der Waals surface area contributed by atoms with E-state index in [1.54, 1.807) is 31.2 Å². The van der Waals surface area contributed by atoms with E-state index in [9.17, 15) is 18.0 Å². The summed E-state index contributed by atoms with van der Waals surface area (Å²) in [6.07, 6.45) is 5.10. The number of nitrogens with one attached hydrogen (secondary N) is 1. The number of carbonyl (C=O) groups excluding carboxylic acids is 2. The predicted octanol–water partition coefficient (Wildman–Crippen LogP) is 6.14. The molecule has 230 valence electrons. The number of hydrogen-bond donors (Lipinski definition) is 1. The van der Waals surface area contributed by atoms with Crippen LogP contribution in [0.4, 0.5) is 5.69 Å². The third-order valence-electron chi connectivity index (χ3n) is 7.85. The second-order valence-electron chi connectivity index (χ2n) is 11.2. The molecule has 0 radical (unpaired) electrons. The zero-order valence-electron chi connectivity index (χ0n) is 25.2. The van der Waals surface area contributed by atoms with Gasteiger partial charge in [-0.1, -0.05) is 71.1 Å². The van der Waals surface area contributed by atoms with Gasteiger partial charge in [-0.25, -0.2) is 8.42 Å². The van der Waals surface area contributed by atoms with Gasteiger partial charge in [-0.2, -0.15) is 0 Å². The predicted molar refractivity (Wildman–Crippen MR) is 173 cm³/mol. The van der Waals surface area contributed by atoms with E-state index in [0.29, 0.717) is 5.75 Å². The Morgan fingerprint density at radius 3 is 2.30 bits per heavy atom. The van der Waals surface area contributed by atoms with E-state index in [-0.39, 0.29) is 29.1 Å². The molecule has 1 atom stereocenters. The number of halogens is 1. The summed E-state index contributed by atoms with van der Waals surface area (Å²) < 4.78 is 35.8. The van der Waals surface area contributed by atoms with Crippen LogP contribution in [0.3, 0.4) is 0 Å². The van der Waals surface area contributed by atoms with E-state index in [1.165, 1.54) is 24.1 Å². The number of rotatable bonds is 11. The Labute approximate surface area is 263 Å². The van der Waals surface area contributed by atoms with Gasteiger partial charge in [0.1, 0.15) is 18.3 Å². The van der Waals surface area contributed by atoms with Gasteiger partial charge in [0, 0.05) is 17.1 Å². The molecule has 0 aliphatic heterocycles. The summed E-state index contributed by atoms with van der Waals surface area (Å²) in [5.74, 6) is -0.447. The molecule has 1 saturated carbocycles. The molecule has 0 aromatic heterocycles. The summed E-state index contributed by atoms with van der Waals surface area (Å²) in [6.45, 7) is 5.02. The van der Waals surface area contributed by atoms with Crippen LogP contribution in [0.15, 0.2) is 76.1 Å². The smallest absolute Gasteiger partial charge is 0.264 e. The van der Waals surface area contributed by atoms with E-state index in [4.69, 9.17) is 4.74 Å². The third-order valence-corrected chi connectivity index (χ3v) is 10.1. The molecule has 1 aliphatic carbocycles. The number of carbonyl (C=O) groups is 2. The summed E-state index contributed by atoms with van der Waals surface area (Å²) in [6, 6.07) is 18.4. The standard InChI is InChI=1S/C33H40BrN3O5S/c1-23-13-16-29(17-14-23)43(40,41)37(30-19-24(2)15-18-31(30)42-4)22-32(38)36(21-26-9-8-10-27(34)20-26)25(3)33(39)35-28-11-6-5-7-12-28/h8-10,13-20,25,28H,5-7,11-12,21-22H2,1-4H3,(H,35,39)/t25-/m1/s1. The number of aryl methyl sites for hydroxylation is 2. The van der Waals surface area contributed by atoms with Gasteiger partial charge in [-0.15, -0.1) is 0 Å². The zero-order valence-corrected chi connectivity index (χ0v) is 27.6. The fourth-order valence-electron chi connectivity index (χ4n) is 5.33. The lowest BCUT2D eigenvalue weighted by Gasteiger charge is -2.33. The van der Waals surface area contributed by atoms with Crippen LogP contribution in [0.5, 0.6) is 5.75 Å². The maximum Gasteiger partial charge on any atom is 0.264 e. The Bertz CT molecular complexity index is 1540. The molecule has 4 rings (SSSR count). The highest BCUT2D eigenvalue weighted by molar-refractivity contribution is 9.10. The van der Waals surface area contributed by atoms with Crippen LogP contribution >= 0.6 is 15.9 Å². The number of amides is 2. The first-order valence-corrected chi connectivity index (χ1v) is 16.8. The fourth-order valence-corrected chi connectivity index (χ4v) is 7.19. The van der Waals surface area contributed by atoms with E-state index in [0.717, 1.165) is 57.6 Å². The van der Waals surface area contributed by atoms with Gasteiger partial charge in [-0.3, -0.25) is 13.9 Å². The number of methoxy groups -OCH3 is 1. The van der Waals surface area contributed by atoms with Gasteiger partial charge in [0.15, 0.2) is 0 Å². The molecule has 0 heterocycles. The number of benzene rings is 3. The first-order valence-electron chi connectivity index (χ1n) is 14.6. The Morgan fingerprint density at radius 1 is 0.977 bits per heavy atom. The van der Waals surface area contributed by atoms with Crippen molar-refractivity contribution in [2.75, 3.05) is 18.0 Å². The maximum absolute atomic E-state index is 14.3. The summed E-state index contributed by atoms with van der Waals surface area (Å²) in [5, 5.41) is 3.13. The van der Waals surface area contributed by atoms with Crippen molar-refractivity contribution in [1.82, 2.24) is 10.2 Å². The number of ether oxygens (including phenoxy) is 1. The fraction of sp³-hybridized carbons (Fsp3) is 0.394. The topological polar surface area (TPSA) is 96.0 Å². The first kappa shape index (κ1) is 32.5. The Morgan fingerprint density at radius 2 is 1.65 bits per heavy atom. The van der Waals surface area contributed by atoms with Gasteiger partial charge >= 0.3 is 0 Å². The highest BCUT2D eigenvalue weighted by Crippen LogP contribution is 2.34. The second kappa shape index (κ2) is 14.4. The lowest BCUT2D eigenvalue weighted by molar-refractivity contribution is -0.139. The lowest BCUT2D eigenvalue weighted by Crippen LogP contribution is -2.53. The van der Waals surface area contributed by atoms with E-state index >= 15 is 0 Å². The van der Waals surface area contributed by atoms with Crippen molar-refractivity contribution in [3.8, 4) is 5.75 Å². The maximum atomic E-state index is 14.3. The molecule has 1 aliphatic rings. The molecule has 1 N–H and O–H groups in total. The van der Waals surface area contributed by atoms with E-state index < -0.39 is 28.5 Å². The molecule has 3 aromatic carbocycles. The van der Waals surface area contributed by atoms with Crippen LogP contribution in [0.1, 0.15) is 55.7 Å². The van der Waals surface area contributed by atoms with Crippen LogP contribution in [-0.4, -0.2) is 50.9 Å². The van der Waals surface area contributed by atoms with Crippen molar-refractivity contribution in [2.45, 2.75) is 76.4 Å². The summed E-state index contributed by atoms with van der Waals surface area (Å²) in [7, 11) is -2.74. The van der Waals surface area contributed by atoms with Crippen molar-refractivity contribution >= 4 is 43.5 Å². The molecule has 0 unspecified atom stereocenters. The number of sulfonamides is 1. The van der Waals surface area contributed by atoms with E-state index in [2.05, 4.69) is 21.2 Å². The van der Waals surface area contributed by atoms with Crippen molar-refractivity contribution < 1.29 is 22.7 Å². The molecular formula is C33H40BrN3O5S. The molecule has 8 nitrogen and oxygen atoms in total. The number of hydrogen-bond acceptors (Lipinski definition) is 5. The van der Waals surface area contributed by atoms with Crippen molar-refractivity contribution in [2.24, 2.45) is 0 Å². The summed E-state index contributed by atoms with van der Waals surface area (Å²) >= 11 is 3.49. The van der Waals surface area contributed by atoms with Crippen LogP contribution in [0.25, 0.3) is 0 Å². The zero-order chi connectivity index (χ0) is 31.1. The van der Waals surface area contributed by atoms with E-state index in [1.807, 2.05) is 44.2 Å². The lowest BCUT2D eigenvalue weighted by atomic mass is 9.95. The summed E-state index contributed by atoms with van der Waals surface area (Å²) in [5.41, 5.74) is 2.77. The molecule has 3 aromatic rings. The van der Waals surface area contributed by atoms with Crippen LogP contribution in [-0.2, 0) is 26.2 Å². The van der Waals surface area contributed by atoms with Gasteiger partial charge in [0.05, 0.1) is 17.7 Å². The van der Waals surface area contributed by atoms with Gasteiger partial charge < -0.3 is 15.0 Å². The Kier molecular flexibility index (Phi) is 10.9. The molecule has 2 amide bonds. The largest absolute Gasteiger partial charge is 0.495 e. The number of anilines is 1. The van der Waals surface area contributed by atoms with Gasteiger partial charge in [0.25, 0.3) is 10.0 Å². The highest BCUT2D eigenvalue weighted by Gasteiger charge is 2.34. The molecule has 43 heavy (non-hydrogen) atoms.